The predicted octanol–water partition coefficient (Wildman–Crippen LogP) is 2.96. The Morgan fingerprint density at radius 3 is 2.15 bits per heavy atom. The first-order valence-electron chi connectivity index (χ1n) is 12.2. The summed E-state index contributed by atoms with van der Waals surface area (Å²) in [5.41, 5.74) is 1.35. The van der Waals surface area contributed by atoms with E-state index in [0.29, 0.717) is 32.8 Å². The average molecular weight is 475 g/mol. The van der Waals surface area contributed by atoms with Crippen LogP contribution in [0.1, 0.15) is 40.5 Å². The van der Waals surface area contributed by atoms with Crippen molar-refractivity contribution >= 4 is 29.3 Å². The Hall–Kier alpha value is -2.81. The number of ether oxygens (including phenoxy) is 2. The molecule has 2 fully saturated rings. The molecule has 34 heavy (non-hydrogen) atoms. The minimum Gasteiger partial charge on any atom is -0.465 e. The van der Waals surface area contributed by atoms with Crippen LogP contribution < -0.4 is 10.2 Å². The number of carbonyl (C=O) groups is 3. The van der Waals surface area contributed by atoms with Gasteiger partial charge in [-0.25, -0.2) is 4.79 Å². The SMILES string of the molecule is CCOC(=O)CN1CCC(C(=O)Nc2ccc(N3CCN(C(=O)OC(C)(C)C)CC3)cc2)CC1. The number of hydrogen-bond acceptors (Lipinski definition) is 7. The van der Waals surface area contributed by atoms with Crippen molar-refractivity contribution in [3.05, 3.63) is 24.3 Å². The Morgan fingerprint density at radius 1 is 0.971 bits per heavy atom. The van der Waals surface area contributed by atoms with Crippen molar-refractivity contribution in [2.45, 2.75) is 46.1 Å². The van der Waals surface area contributed by atoms with Gasteiger partial charge in [-0.15, -0.1) is 0 Å². The van der Waals surface area contributed by atoms with Crippen molar-refractivity contribution in [3.8, 4) is 0 Å². The van der Waals surface area contributed by atoms with Gasteiger partial charge in [-0.05, 0) is 77.9 Å². The van der Waals surface area contributed by atoms with Gasteiger partial charge < -0.3 is 24.6 Å². The average Bonchev–Trinajstić information content (AvgIpc) is 2.79. The van der Waals surface area contributed by atoms with Crippen LogP contribution in [0.5, 0.6) is 0 Å². The zero-order valence-electron chi connectivity index (χ0n) is 20.8. The number of esters is 1. The number of benzene rings is 1. The van der Waals surface area contributed by atoms with Crippen LogP contribution in [-0.2, 0) is 19.1 Å². The molecule has 1 aromatic carbocycles. The van der Waals surface area contributed by atoms with Crippen molar-refractivity contribution < 1.29 is 23.9 Å². The first kappa shape index (κ1) is 25.8. The van der Waals surface area contributed by atoms with Crippen LogP contribution in [0.4, 0.5) is 16.2 Å². The van der Waals surface area contributed by atoms with E-state index in [2.05, 4.69) is 10.2 Å². The number of nitrogens with one attached hydrogen (secondary N) is 1. The zero-order chi connectivity index (χ0) is 24.7. The van der Waals surface area contributed by atoms with Gasteiger partial charge in [0.2, 0.25) is 5.91 Å². The molecule has 1 aromatic rings. The van der Waals surface area contributed by atoms with Crippen LogP contribution in [0.15, 0.2) is 24.3 Å². The normalized spacial score (nSPS) is 17.9. The van der Waals surface area contributed by atoms with E-state index in [0.717, 1.165) is 37.3 Å². The number of hydrogen-bond donors (Lipinski definition) is 1. The predicted molar refractivity (Wildman–Crippen MR) is 131 cm³/mol. The molecular weight excluding hydrogens is 436 g/mol. The highest BCUT2D eigenvalue weighted by atomic mass is 16.6. The number of rotatable bonds is 6. The van der Waals surface area contributed by atoms with Crippen molar-refractivity contribution in [1.29, 1.82) is 0 Å². The lowest BCUT2D eigenvalue weighted by atomic mass is 9.96. The summed E-state index contributed by atoms with van der Waals surface area (Å²) in [6, 6.07) is 7.84. The maximum atomic E-state index is 12.7. The lowest BCUT2D eigenvalue weighted by Crippen LogP contribution is -2.50. The van der Waals surface area contributed by atoms with Gasteiger partial charge in [0.1, 0.15) is 5.60 Å². The molecular formula is C25H38N4O5. The van der Waals surface area contributed by atoms with Crippen molar-refractivity contribution in [2.75, 3.05) is 62.6 Å². The van der Waals surface area contributed by atoms with Crippen molar-refractivity contribution in [3.63, 3.8) is 0 Å². The summed E-state index contributed by atoms with van der Waals surface area (Å²) < 4.78 is 10.5. The maximum absolute atomic E-state index is 12.7. The van der Waals surface area contributed by atoms with Gasteiger partial charge in [-0.2, -0.15) is 0 Å². The van der Waals surface area contributed by atoms with E-state index in [4.69, 9.17) is 9.47 Å². The molecule has 0 spiro atoms. The van der Waals surface area contributed by atoms with Gasteiger partial charge in [0.25, 0.3) is 0 Å². The lowest BCUT2D eigenvalue weighted by Gasteiger charge is -2.36. The molecule has 2 aliphatic rings. The number of anilines is 2. The number of piperidine rings is 1. The van der Waals surface area contributed by atoms with Gasteiger partial charge >= 0.3 is 12.1 Å². The summed E-state index contributed by atoms with van der Waals surface area (Å²) >= 11 is 0. The number of amides is 2. The Labute approximate surface area is 202 Å². The van der Waals surface area contributed by atoms with E-state index >= 15 is 0 Å². The Bertz CT molecular complexity index is 836. The fourth-order valence-corrected chi connectivity index (χ4v) is 4.22. The molecule has 0 aliphatic carbocycles. The molecule has 2 saturated heterocycles. The molecule has 3 rings (SSSR count). The van der Waals surface area contributed by atoms with Gasteiger partial charge in [0.05, 0.1) is 13.2 Å². The highest BCUT2D eigenvalue weighted by Crippen LogP contribution is 2.23. The molecule has 0 atom stereocenters. The molecule has 2 amide bonds. The molecule has 0 aromatic heterocycles. The van der Waals surface area contributed by atoms with E-state index < -0.39 is 5.60 Å². The van der Waals surface area contributed by atoms with Crippen molar-refractivity contribution in [1.82, 2.24) is 9.80 Å². The molecule has 0 unspecified atom stereocenters. The van der Waals surface area contributed by atoms with Gasteiger partial charge in [-0.1, -0.05) is 0 Å². The zero-order valence-corrected chi connectivity index (χ0v) is 20.8. The maximum Gasteiger partial charge on any atom is 0.410 e. The molecule has 0 bridgehead atoms. The summed E-state index contributed by atoms with van der Waals surface area (Å²) in [5, 5.41) is 3.02. The van der Waals surface area contributed by atoms with E-state index in [-0.39, 0.29) is 30.4 Å². The standard InChI is InChI=1S/C25H38N4O5/c1-5-33-22(30)18-27-12-10-19(11-13-27)23(31)26-20-6-8-21(9-7-20)28-14-16-29(17-15-28)24(32)34-25(2,3)4/h6-9,19H,5,10-18H2,1-4H3,(H,26,31). The van der Waals surface area contributed by atoms with Gasteiger partial charge in [-0.3, -0.25) is 14.5 Å². The van der Waals surface area contributed by atoms with Crippen LogP contribution >= 0.6 is 0 Å². The van der Waals surface area contributed by atoms with Gasteiger partial charge in [0, 0.05) is 43.5 Å². The van der Waals surface area contributed by atoms with Gasteiger partial charge in [0.15, 0.2) is 0 Å². The van der Waals surface area contributed by atoms with E-state index in [1.54, 1.807) is 11.8 Å². The molecule has 0 radical (unpaired) electrons. The fourth-order valence-electron chi connectivity index (χ4n) is 4.22. The molecule has 188 valence electrons. The first-order chi connectivity index (χ1) is 16.1. The molecule has 2 heterocycles. The monoisotopic (exact) mass is 474 g/mol. The van der Waals surface area contributed by atoms with Crippen LogP contribution in [0.2, 0.25) is 0 Å². The smallest absolute Gasteiger partial charge is 0.410 e. The number of nitrogens with zero attached hydrogens (tertiary/aromatic N) is 3. The summed E-state index contributed by atoms with van der Waals surface area (Å²) in [5.74, 6) is -0.245. The number of likely N-dealkylation sites (tertiary alicyclic amines) is 1. The Kier molecular flexibility index (Phi) is 8.77. The summed E-state index contributed by atoms with van der Waals surface area (Å²) in [6.45, 7) is 12.2. The second-order valence-corrected chi connectivity index (χ2v) is 9.85. The second kappa shape index (κ2) is 11.6. The van der Waals surface area contributed by atoms with E-state index in [1.165, 1.54) is 0 Å². The Balaban J connectivity index is 1.42. The van der Waals surface area contributed by atoms with E-state index in [9.17, 15) is 14.4 Å². The fraction of sp³-hybridized carbons (Fsp3) is 0.640. The molecule has 0 saturated carbocycles. The van der Waals surface area contributed by atoms with Crippen LogP contribution in [0.3, 0.4) is 0 Å². The van der Waals surface area contributed by atoms with E-state index in [1.807, 2.05) is 49.9 Å². The topological polar surface area (TPSA) is 91.4 Å². The quantitative estimate of drug-likeness (QED) is 0.634. The highest BCUT2D eigenvalue weighted by molar-refractivity contribution is 5.92. The minimum atomic E-state index is -0.492. The second-order valence-electron chi connectivity index (χ2n) is 9.85. The first-order valence-corrected chi connectivity index (χ1v) is 12.2. The summed E-state index contributed by atoms with van der Waals surface area (Å²) in [4.78, 5) is 42.6. The molecule has 1 N–H and O–H groups in total. The largest absolute Gasteiger partial charge is 0.465 e. The molecule has 9 heteroatoms. The van der Waals surface area contributed by atoms with Crippen LogP contribution in [0.25, 0.3) is 0 Å². The third-order valence-corrected chi connectivity index (χ3v) is 6.05. The third-order valence-electron chi connectivity index (χ3n) is 6.05. The number of carbonyl (C=O) groups excluding carboxylic acids is 3. The lowest BCUT2D eigenvalue weighted by molar-refractivity contribution is -0.144. The van der Waals surface area contributed by atoms with Crippen LogP contribution in [-0.4, -0.2) is 85.8 Å². The third kappa shape index (κ3) is 7.62. The van der Waals surface area contributed by atoms with Crippen molar-refractivity contribution in [2.24, 2.45) is 5.92 Å². The summed E-state index contributed by atoms with van der Waals surface area (Å²) in [6.07, 6.45) is 1.19. The summed E-state index contributed by atoms with van der Waals surface area (Å²) in [7, 11) is 0. The molecule has 2 aliphatic heterocycles. The minimum absolute atomic E-state index is 0.0227. The number of piperazine rings is 1. The van der Waals surface area contributed by atoms with Crippen LogP contribution in [0, 0.1) is 5.92 Å². The Morgan fingerprint density at radius 2 is 1.59 bits per heavy atom. The molecule has 9 nitrogen and oxygen atoms in total. The highest BCUT2D eigenvalue weighted by Gasteiger charge is 2.27.